The molecule has 0 radical (unpaired) electrons. The third-order valence-electron chi connectivity index (χ3n) is 3.32. The molecular weight excluding hydrogens is 272 g/mol. The van der Waals surface area contributed by atoms with Crippen LogP contribution in [0.25, 0.3) is 27.3 Å². The van der Waals surface area contributed by atoms with Crippen LogP contribution in [0.1, 0.15) is 0 Å². The molecule has 0 saturated carbocycles. The summed E-state index contributed by atoms with van der Waals surface area (Å²) in [7, 11) is 1.79. The molecule has 0 amide bonds. The summed E-state index contributed by atoms with van der Waals surface area (Å²) < 4.78 is 4.53. The van der Waals surface area contributed by atoms with Gasteiger partial charge in [-0.25, -0.2) is 9.97 Å². The first-order chi connectivity index (χ1) is 9.72. The molecule has 1 aromatic carbocycles. The molecule has 0 aliphatic heterocycles. The van der Waals surface area contributed by atoms with Crippen LogP contribution in [0.15, 0.2) is 47.7 Å². The maximum absolute atomic E-state index is 11.7. The number of hydrogen-bond acceptors (Lipinski definition) is 4. The monoisotopic (exact) mass is 282 g/mol. The summed E-state index contributed by atoms with van der Waals surface area (Å²) in [6.07, 6.45) is 5.57. The van der Waals surface area contributed by atoms with Crippen molar-refractivity contribution in [2.75, 3.05) is 0 Å². The normalized spacial score (nSPS) is 11.4. The van der Waals surface area contributed by atoms with Crippen molar-refractivity contribution in [1.29, 1.82) is 0 Å². The van der Waals surface area contributed by atoms with Crippen LogP contribution >= 0.6 is 11.3 Å². The second kappa shape index (κ2) is 4.01. The summed E-state index contributed by atoms with van der Waals surface area (Å²) in [6.45, 7) is 0. The number of aromatic nitrogens is 4. The number of benzene rings is 1. The molecule has 0 unspecified atom stereocenters. The number of rotatable bonds is 1. The standard InChI is InChI=1S/C14H10N4OS/c1-17-11-7-9(3-4-12(11)20-14(17)19)10-8-18-6-2-5-15-13(18)16-10/h2-8H,1H3. The fourth-order valence-electron chi connectivity index (χ4n) is 2.26. The second-order valence-corrected chi connectivity index (χ2v) is 5.56. The van der Waals surface area contributed by atoms with Gasteiger partial charge in [0, 0.05) is 31.2 Å². The van der Waals surface area contributed by atoms with Gasteiger partial charge in [0.1, 0.15) is 0 Å². The Labute approximate surface area is 117 Å². The molecule has 0 N–H and O–H groups in total. The fourth-order valence-corrected chi connectivity index (χ4v) is 3.11. The van der Waals surface area contributed by atoms with E-state index in [0.717, 1.165) is 21.5 Å². The average molecular weight is 282 g/mol. The first-order valence-corrected chi connectivity index (χ1v) is 6.94. The van der Waals surface area contributed by atoms with Crippen molar-refractivity contribution in [3.63, 3.8) is 0 Å². The summed E-state index contributed by atoms with van der Waals surface area (Å²) >= 11 is 1.26. The predicted octanol–water partition coefficient (Wildman–Crippen LogP) is 2.31. The van der Waals surface area contributed by atoms with Crippen molar-refractivity contribution in [3.05, 3.63) is 52.5 Å². The lowest BCUT2D eigenvalue weighted by Gasteiger charge is -1.98. The van der Waals surface area contributed by atoms with Crippen molar-refractivity contribution in [1.82, 2.24) is 18.9 Å². The van der Waals surface area contributed by atoms with Gasteiger partial charge in [-0.3, -0.25) is 9.20 Å². The van der Waals surface area contributed by atoms with Crippen LogP contribution < -0.4 is 4.87 Å². The van der Waals surface area contributed by atoms with Gasteiger partial charge >= 0.3 is 4.87 Å². The van der Waals surface area contributed by atoms with Crippen molar-refractivity contribution in [2.24, 2.45) is 7.05 Å². The molecule has 5 nitrogen and oxygen atoms in total. The second-order valence-electron chi connectivity index (χ2n) is 4.56. The van der Waals surface area contributed by atoms with Crippen LogP contribution in [0, 0.1) is 0 Å². The van der Waals surface area contributed by atoms with Gasteiger partial charge in [-0.05, 0) is 18.2 Å². The van der Waals surface area contributed by atoms with Crippen molar-refractivity contribution < 1.29 is 0 Å². The number of aryl methyl sites for hydroxylation is 1. The van der Waals surface area contributed by atoms with Crippen molar-refractivity contribution >= 4 is 27.3 Å². The summed E-state index contributed by atoms with van der Waals surface area (Å²) in [5.74, 6) is 0.668. The molecule has 0 spiro atoms. The number of thiazole rings is 1. The molecule has 98 valence electrons. The zero-order valence-corrected chi connectivity index (χ0v) is 11.5. The van der Waals surface area contributed by atoms with E-state index in [1.807, 2.05) is 41.1 Å². The van der Waals surface area contributed by atoms with Gasteiger partial charge in [-0.15, -0.1) is 0 Å². The quantitative estimate of drug-likeness (QED) is 0.538. The van der Waals surface area contributed by atoms with Crippen molar-refractivity contribution in [3.8, 4) is 11.3 Å². The molecule has 3 heterocycles. The van der Waals surface area contributed by atoms with Crippen LogP contribution in [-0.4, -0.2) is 18.9 Å². The van der Waals surface area contributed by atoms with Gasteiger partial charge in [0.05, 0.1) is 15.9 Å². The molecule has 0 atom stereocenters. The molecule has 20 heavy (non-hydrogen) atoms. The average Bonchev–Trinajstić information content (AvgIpc) is 3.01. The molecular formula is C14H10N4OS. The Balaban J connectivity index is 1.97. The van der Waals surface area contributed by atoms with E-state index in [1.165, 1.54) is 11.3 Å². The molecule has 4 aromatic rings. The summed E-state index contributed by atoms with van der Waals surface area (Å²) in [5.41, 5.74) is 2.77. The summed E-state index contributed by atoms with van der Waals surface area (Å²) in [5, 5.41) is 0. The van der Waals surface area contributed by atoms with Crippen LogP contribution in [0.3, 0.4) is 0 Å². The van der Waals surface area contributed by atoms with Crippen LogP contribution in [0.5, 0.6) is 0 Å². The van der Waals surface area contributed by atoms with E-state index >= 15 is 0 Å². The predicted molar refractivity (Wildman–Crippen MR) is 79.0 cm³/mol. The Hall–Kier alpha value is -2.47. The Morgan fingerprint density at radius 3 is 3.05 bits per heavy atom. The van der Waals surface area contributed by atoms with Gasteiger partial charge < -0.3 is 4.57 Å². The Bertz CT molecular complexity index is 962. The topological polar surface area (TPSA) is 52.2 Å². The highest BCUT2D eigenvalue weighted by molar-refractivity contribution is 7.16. The van der Waals surface area contributed by atoms with Gasteiger partial charge in [0.15, 0.2) is 0 Å². The maximum Gasteiger partial charge on any atom is 0.307 e. The van der Waals surface area contributed by atoms with E-state index in [0.29, 0.717) is 5.78 Å². The lowest BCUT2D eigenvalue weighted by Crippen LogP contribution is -2.06. The largest absolute Gasteiger partial charge is 0.307 e. The zero-order chi connectivity index (χ0) is 13.7. The summed E-state index contributed by atoms with van der Waals surface area (Å²) in [4.78, 5) is 20.4. The molecule has 0 bridgehead atoms. The number of nitrogens with zero attached hydrogens (tertiary/aromatic N) is 4. The first kappa shape index (κ1) is 11.4. The molecule has 0 aliphatic rings. The third-order valence-corrected chi connectivity index (χ3v) is 4.34. The zero-order valence-electron chi connectivity index (χ0n) is 10.6. The molecule has 6 heteroatoms. The molecule has 3 aromatic heterocycles. The van der Waals surface area contributed by atoms with Gasteiger partial charge in [0.2, 0.25) is 5.78 Å². The SMILES string of the molecule is Cn1c(=O)sc2ccc(-c3cn4cccnc4n3)cc21. The highest BCUT2D eigenvalue weighted by atomic mass is 32.1. The number of fused-ring (bicyclic) bond motifs is 2. The Kier molecular flexibility index (Phi) is 2.28. The Morgan fingerprint density at radius 1 is 1.30 bits per heavy atom. The number of imidazole rings is 1. The van der Waals surface area contributed by atoms with Gasteiger partial charge in [-0.1, -0.05) is 17.4 Å². The minimum atomic E-state index is 0.0498. The molecule has 4 rings (SSSR count). The fraction of sp³-hybridized carbons (Fsp3) is 0.0714. The maximum atomic E-state index is 11.7. The van der Waals surface area contributed by atoms with E-state index < -0.39 is 0 Å². The van der Waals surface area contributed by atoms with Gasteiger partial charge in [-0.2, -0.15) is 0 Å². The first-order valence-electron chi connectivity index (χ1n) is 6.12. The van der Waals surface area contributed by atoms with Crippen LogP contribution in [0.4, 0.5) is 0 Å². The van der Waals surface area contributed by atoms with Crippen LogP contribution in [-0.2, 0) is 7.05 Å². The highest BCUT2D eigenvalue weighted by Gasteiger charge is 2.09. The minimum Gasteiger partial charge on any atom is -0.302 e. The minimum absolute atomic E-state index is 0.0498. The van der Waals surface area contributed by atoms with Crippen LogP contribution in [0.2, 0.25) is 0 Å². The van der Waals surface area contributed by atoms with E-state index in [2.05, 4.69) is 9.97 Å². The smallest absolute Gasteiger partial charge is 0.302 e. The Morgan fingerprint density at radius 2 is 2.20 bits per heavy atom. The number of hydrogen-bond donors (Lipinski definition) is 0. The van der Waals surface area contributed by atoms with E-state index in [9.17, 15) is 4.79 Å². The third kappa shape index (κ3) is 1.58. The van der Waals surface area contributed by atoms with E-state index in [-0.39, 0.29) is 4.87 Å². The lowest BCUT2D eigenvalue weighted by molar-refractivity contribution is 0.939. The lowest BCUT2D eigenvalue weighted by atomic mass is 10.1. The molecule has 0 aliphatic carbocycles. The highest BCUT2D eigenvalue weighted by Crippen LogP contribution is 2.24. The van der Waals surface area contributed by atoms with E-state index in [4.69, 9.17) is 0 Å². The van der Waals surface area contributed by atoms with Crippen molar-refractivity contribution in [2.45, 2.75) is 0 Å². The van der Waals surface area contributed by atoms with Gasteiger partial charge in [0.25, 0.3) is 0 Å². The van der Waals surface area contributed by atoms with E-state index in [1.54, 1.807) is 17.8 Å². The molecule has 0 saturated heterocycles. The molecule has 0 fully saturated rings. The summed E-state index contributed by atoms with van der Waals surface area (Å²) in [6, 6.07) is 7.81.